The molecule has 3 aromatic carbocycles. The molecule has 3 aromatic rings. The van der Waals surface area contributed by atoms with E-state index in [1.54, 1.807) is 12.1 Å². The third-order valence-corrected chi connectivity index (χ3v) is 2.92. The van der Waals surface area contributed by atoms with Crippen molar-refractivity contribution in [2.75, 3.05) is 0 Å². The van der Waals surface area contributed by atoms with Crippen LogP contribution in [0.5, 0.6) is 5.75 Å². The molecule has 0 saturated carbocycles. The number of hydrogen-bond donors (Lipinski definition) is 1. The molecule has 0 unspecified atom stereocenters. The monoisotopic (exact) mass is 224 g/mol. The summed E-state index contributed by atoms with van der Waals surface area (Å²) in [4.78, 5) is 22.3. The summed E-state index contributed by atoms with van der Waals surface area (Å²) in [5.74, 6) is -0.426. The van der Waals surface area contributed by atoms with Gasteiger partial charge in [-0.3, -0.25) is 9.59 Å². The largest absolute Gasteiger partial charge is 0.503 e. The van der Waals surface area contributed by atoms with Crippen LogP contribution in [0.15, 0.2) is 52.1 Å². The highest BCUT2D eigenvalue weighted by atomic mass is 16.3. The molecule has 0 aromatic heterocycles. The van der Waals surface area contributed by atoms with Crippen LogP contribution in [0.25, 0.3) is 21.9 Å². The van der Waals surface area contributed by atoms with Gasteiger partial charge >= 0.3 is 0 Å². The van der Waals surface area contributed by atoms with Crippen LogP contribution >= 0.6 is 0 Å². The Bertz CT molecular complexity index is 793. The third-order valence-electron chi connectivity index (χ3n) is 2.92. The molecule has 0 atom stereocenters. The molecule has 17 heavy (non-hydrogen) atoms. The van der Waals surface area contributed by atoms with Crippen molar-refractivity contribution >= 4 is 10.8 Å². The van der Waals surface area contributed by atoms with Gasteiger partial charge in [-0.05, 0) is 22.4 Å². The average molecular weight is 224 g/mol. The van der Waals surface area contributed by atoms with Gasteiger partial charge in [0.15, 0.2) is 5.75 Å². The highest BCUT2D eigenvalue weighted by molar-refractivity contribution is 5.88. The maximum Gasteiger partial charge on any atom is 0.268 e. The molecular weight excluding hydrogens is 216 g/mol. The molecule has 0 aliphatic carbocycles. The fraction of sp³-hybridized carbons (Fsp3) is 0. The Morgan fingerprint density at radius 3 is 2.24 bits per heavy atom. The van der Waals surface area contributed by atoms with Crippen LogP contribution in [0.3, 0.4) is 0 Å². The zero-order valence-electron chi connectivity index (χ0n) is 8.81. The van der Waals surface area contributed by atoms with Gasteiger partial charge < -0.3 is 5.11 Å². The maximum atomic E-state index is 11.3. The Morgan fingerprint density at radius 1 is 0.824 bits per heavy atom. The highest BCUT2D eigenvalue weighted by Gasteiger charge is 2.21. The summed E-state index contributed by atoms with van der Waals surface area (Å²) in [5.41, 5.74) is -0.697. The second-order valence-electron chi connectivity index (χ2n) is 3.94. The first-order valence-electron chi connectivity index (χ1n) is 5.20. The van der Waals surface area contributed by atoms with Crippen LogP contribution in [0.4, 0.5) is 0 Å². The van der Waals surface area contributed by atoms with Gasteiger partial charge in [0.2, 0.25) is 5.43 Å². The molecule has 0 amide bonds. The summed E-state index contributed by atoms with van der Waals surface area (Å²) in [7, 11) is 0. The van der Waals surface area contributed by atoms with Crippen molar-refractivity contribution in [2.24, 2.45) is 0 Å². The molecule has 0 bridgehead atoms. The Balaban J connectivity index is 2.26. The van der Waals surface area contributed by atoms with E-state index in [4.69, 9.17) is 0 Å². The van der Waals surface area contributed by atoms with E-state index in [1.807, 2.05) is 30.3 Å². The zero-order valence-corrected chi connectivity index (χ0v) is 8.81. The van der Waals surface area contributed by atoms with Crippen molar-refractivity contribution in [3.8, 4) is 16.9 Å². The molecule has 0 saturated heterocycles. The Kier molecular flexibility index (Phi) is 1.89. The van der Waals surface area contributed by atoms with E-state index in [2.05, 4.69) is 0 Å². The van der Waals surface area contributed by atoms with Crippen molar-refractivity contribution in [2.45, 2.75) is 0 Å². The van der Waals surface area contributed by atoms with Gasteiger partial charge in [0.25, 0.3) is 5.43 Å². The molecule has 3 nitrogen and oxygen atoms in total. The maximum absolute atomic E-state index is 11.3. The standard InChI is InChI=1S/C14H8O3/c15-12-11(13(16)14(12)17)10-6-5-8-3-1-2-4-9(8)7-10/h1-7,15H. The van der Waals surface area contributed by atoms with Gasteiger partial charge in [-0.2, -0.15) is 0 Å². The molecular formula is C14H8O3. The predicted octanol–water partition coefficient (Wildman–Crippen LogP) is 1.81. The van der Waals surface area contributed by atoms with Crippen molar-refractivity contribution in [3.63, 3.8) is 0 Å². The zero-order chi connectivity index (χ0) is 12.0. The summed E-state index contributed by atoms with van der Waals surface area (Å²) in [6.07, 6.45) is 0. The molecule has 3 rings (SSSR count). The van der Waals surface area contributed by atoms with Gasteiger partial charge in [-0.15, -0.1) is 0 Å². The minimum absolute atomic E-state index is 0.126. The van der Waals surface area contributed by atoms with E-state index in [1.165, 1.54) is 0 Å². The summed E-state index contributed by atoms with van der Waals surface area (Å²) >= 11 is 0. The molecule has 82 valence electrons. The van der Waals surface area contributed by atoms with Gasteiger partial charge in [-0.1, -0.05) is 36.4 Å². The van der Waals surface area contributed by atoms with Crippen LogP contribution in [-0.4, -0.2) is 5.11 Å². The molecule has 1 N–H and O–H groups in total. The van der Waals surface area contributed by atoms with Crippen molar-refractivity contribution in [1.82, 2.24) is 0 Å². The fourth-order valence-electron chi connectivity index (χ4n) is 1.99. The quantitative estimate of drug-likeness (QED) is 0.641. The fourth-order valence-corrected chi connectivity index (χ4v) is 1.99. The van der Waals surface area contributed by atoms with Gasteiger partial charge in [0.05, 0.1) is 5.56 Å². The van der Waals surface area contributed by atoms with Crippen LogP contribution < -0.4 is 10.9 Å². The van der Waals surface area contributed by atoms with E-state index in [0.29, 0.717) is 5.56 Å². The lowest BCUT2D eigenvalue weighted by atomic mass is 9.97. The van der Waals surface area contributed by atoms with Crippen molar-refractivity contribution < 1.29 is 5.11 Å². The lowest BCUT2D eigenvalue weighted by Crippen LogP contribution is -2.31. The van der Waals surface area contributed by atoms with Crippen LogP contribution in [0.2, 0.25) is 0 Å². The van der Waals surface area contributed by atoms with Gasteiger partial charge in [0, 0.05) is 0 Å². The number of hydrogen-bond acceptors (Lipinski definition) is 3. The number of fused-ring (bicyclic) bond motifs is 1. The molecule has 0 spiro atoms. The minimum atomic E-state index is -0.798. The highest BCUT2D eigenvalue weighted by Crippen LogP contribution is 2.27. The minimum Gasteiger partial charge on any atom is -0.503 e. The smallest absolute Gasteiger partial charge is 0.268 e. The Morgan fingerprint density at radius 2 is 1.53 bits per heavy atom. The average Bonchev–Trinajstić information content (AvgIpc) is 2.38. The topological polar surface area (TPSA) is 54.4 Å². The molecule has 0 fully saturated rings. The molecule has 0 radical (unpaired) electrons. The lowest BCUT2D eigenvalue weighted by Gasteiger charge is -2.06. The van der Waals surface area contributed by atoms with Crippen molar-refractivity contribution in [1.29, 1.82) is 0 Å². The Hall–Kier alpha value is -2.42. The van der Waals surface area contributed by atoms with Crippen molar-refractivity contribution in [3.05, 3.63) is 62.9 Å². The van der Waals surface area contributed by atoms with Gasteiger partial charge in [0.1, 0.15) is 0 Å². The van der Waals surface area contributed by atoms with E-state index in [9.17, 15) is 14.7 Å². The predicted molar refractivity (Wildman–Crippen MR) is 66.0 cm³/mol. The molecule has 0 heterocycles. The number of benzene rings is 2. The molecule has 0 aliphatic rings. The molecule has 3 heteroatoms. The molecule has 0 aliphatic heterocycles. The summed E-state index contributed by atoms with van der Waals surface area (Å²) in [5, 5.41) is 11.4. The first kappa shape index (κ1) is 9.78. The summed E-state index contributed by atoms with van der Waals surface area (Å²) in [6, 6.07) is 13.1. The van der Waals surface area contributed by atoms with Crippen LogP contribution in [-0.2, 0) is 0 Å². The third kappa shape index (κ3) is 1.29. The second kappa shape index (κ2) is 3.28. The van der Waals surface area contributed by atoms with Gasteiger partial charge in [-0.25, -0.2) is 0 Å². The number of rotatable bonds is 1. The van der Waals surface area contributed by atoms with E-state index in [-0.39, 0.29) is 5.56 Å². The van der Waals surface area contributed by atoms with E-state index in [0.717, 1.165) is 10.8 Å². The normalized spacial score (nSPS) is 11.1. The van der Waals surface area contributed by atoms with E-state index < -0.39 is 16.6 Å². The van der Waals surface area contributed by atoms with Crippen LogP contribution in [0.1, 0.15) is 0 Å². The summed E-state index contributed by atoms with van der Waals surface area (Å²) < 4.78 is 0. The first-order valence-corrected chi connectivity index (χ1v) is 5.20. The van der Waals surface area contributed by atoms with Crippen LogP contribution in [0, 0.1) is 0 Å². The summed E-state index contributed by atoms with van der Waals surface area (Å²) in [6.45, 7) is 0. The number of aromatic hydroxyl groups is 1. The Labute approximate surface area is 96.3 Å². The SMILES string of the molecule is O=c1c(O)c(-c2ccc3ccccc3c2)c1=O. The second-order valence-corrected chi connectivity index (χ2v) is 3.94. The lowest BCUT2D eigenvalue weighted by molar-refractivity contribution is 0.465. The first-order chi connectivity index (χ1) is 8.18. The van der Waals surface area contributed by atoms with E-state index >= 15 is 0 Å².